The Balaban J connectivity index is 1.19. The van der Waals surface area contributed by atoms with Gasteiger partial charge in [-0.05, 0) is 44.1 Å². The quantitative estimate of drug-likeness (QED) is 0.636. The number of allylic oxidation sites excluding steroid dienone is 1. The van der Waals surface area contributed by atoms with Crippen LogP contribution in [-0.2, 0) is 4.79 Å². The normalized spacial score (nSPS) is 29.6. The number of carbonyl (C=O) groups is 1. The third kappa shape index (κ3) is 3.31. The molecule has 0 aromatic carbocycles. The summed E-state index contributed by atoms with van der Waals surface area (Å²) in [5.74, 6) is 2.35. The summed E-state index contributed by atoms with van der Waals surface area (Å²) in [6.07, 6.45) is 9.82. The van der Waals surface area contributed by atoms with Crippen molar-refractivity contribution in [2.75, 3.05) is 19.6 Å². The molecule has 1 saturated heterocycles. The van der Waals surface area contributed by atoms with Crippen LogP contribution in [0.3, 0.4) is 0 Å². The molecule has 3 aliphatic heterocycles. The smallest absolute Gasteiger partial charge is 0.217 e. The first-order valence-corrected chi connectivity index (χ1v) is 10.4. The second-order valence-electron chi connectivity index (χ2n) is 8.52. The number of H-pyrrole nitrogens is 1. The zero-order valence-electron chi connectivity index (χ0n) is 16.4. The predicted octanol–water partition coefficient (Wildman–Crippen LogP) is 1.70. The van der Waals surface area contributed by atoms with Gasteiger partial charge in [-0.2, -0.15) is 0 Å². The lowest BCUT2D eigenvalue weighted by Gasteiger charge is -2.32. The van der Waals surface area contributed by atoms with Crippen LogP contribution in [0.15, 0.2) is 23.0 Å². The first kappa shape index (κ1) is 17.8. The highest BCUT2D eigenvalue weighted by Crippen LogP contribution is 2.40. The molecule has 5 rings (SSSR count). The van der Waals surface area contributed by atoms with Crippen molar-refractivity contribution < 1.29 is 4.79 Å². The van der Waals surface area contributed by atoms with Gasteiger partial charge in [-0.25, -0.2) is 10.0 Å². The monoisotopic (exact) mass is 383 g/mol. The highest BCUT2D eigenvalue weighted by Gasteiger charge is 2.35. The summed E-state index contributed by atoms with van der Waals surface area (Å²) in [6, 6.07) is 2.44. The van der Waals surface area contributed by atoms with E-state index in [2.05, 4.69) is 37.2 Å². The number of aromatic nitrogens is 1. The Hall–Kier alpha value is -2.32. The van der Waals surface area contributed by atoms with Crippen molar-refractivity contribution in [3.63, 3.8) is 0 Å². The van der Waals surface area contributed by atoms with E-state index in [1.54, 1.807) is 6.92 Å². The molecule has 2 fully saturated rings. The van der Waals surface area contributed by atoms with E-state index in [4.69, 9.17) is 0 Å². The van der Waals surface area contributed by atoms with Gasteiger partial charge in [0.2, 0.25) is 5.91 Å². The number of nitrogens with one attached hydrogen (secondary N) is 4. The van der Waals surface area contributed by atoms with Gasteiger partial charge in [0.1, 0.15) is 12.2 Å². The maximum absolute atomic E-state index is 11.3. The maximum atomic E-state index is 11.3. The number of carbonyl (C=O) groups excluding carboxylic acids is 1. The van der Waals surface area contributed by atoms with Gasteiger partial charge in [0, 0.05) is 50.3 Å². The van der Waals surface area contributed by atoms with E-state index >= 15 is 0 Å². The summed E-state index contributed by atoms with van der Waals surface area (Å²) in [5.41, 5.74) is 10.3. The van der Waals surface area contributed by atoms with Crippen LogP contribution in [-0.4, -0.2) is 52.8 Å². The molecule has 1 aromatic heterocycles. The number of fused-ring (bicyclic) bond motifs is 3. The fourth-order valence-corrected chi connectivity index (χ4v) is 5.20. The third-order valence-electron chi connectivity index (χ3n) is 6.54. The predicted molar refractivity (Wildman–Crippen MR) is 108 cm³/mol. The molecule has 1 saturated carbocycles. The maximum Gasteiger partial charge on any atom is 0.217 e. The van der Waals surface area contributed by atoms with E-state index in [1.807, 2.05) is 17.5 Å². The first-order chi connectivity index (χ1) is 13.7. The van der Waals surface area contributed by atoms with Crippen molar-refractivity contribution in [3.8, 4) is 0 Å². The minimum Gasteiger partial charge on any atom is -0.352 e. The van der Waals surface area contributed by atoms with Gasteiger partial charge in [-0.15, -0.1) is 5.53 Å². The summed E-state index contributed by atoms with van der Waals surface area (Å²) in [4.78, 5) is 21.5. The van der Waals surface area contributed by atoms with E-state index in [-0.39, 0.29) is 5.91 Å². The minimum atomic E-state index is 0.0898. The molecular formula is C20H29N7O. The molecule has 150 valence electrons. The molecule has 4 heterocycles. The Bertz CT molecular complexity index is 805. The number of hydrazine groups is 2. The second-order valence-corrected chi connectivity index (χ2v) is 8.52. The molecule has 1 atom stereocenters. The fraction of sp³-hybridized carbons (Fsp3) is 0.600. The number of hydrogen-bond acceptors (Lipinski definition) is 6. The molecule has 0 radical (unpaired) electrons. The number of aromatic amines is 1. The molecule has 1 aliphatic carbocycles. The van der Waals surface area contributed by atoms with Gasteiger partial charge in [0.25, 0.3) is 0 Å². The fourth-order valence-electron chi connectivity index (χ4n) is 5.20. The van der Waals surface area contributed by atoms with E-state index in [0.717, 1.165) is 31.2 Å². The Morgan fingerprint density at radius 1 is 1.29 bits per heavy atom. The largest absolute Gasteiger partial charge is 0.352 e. The Morgan fingerprint density at radius 2 is 2.14 bits per heavy atom. The SMILES string of the molecule is CC(=O)N[C@H]1CCN(C[C@H]2CC[C@H](C3=C4c5cc[nH]c5N=CN4NN3)CC2)C1. The lowest BCUT2D eigenvalue weighted by molar-refractivity contribution is -0.119. The second kappa shape index (κ2) is 7.25. The van der Waals surface area contributed by atoms with Crippen molar-refractivity contribution in [1.29, 1.82) is 0 Å². The van der Waals surface area contributed by atoms with Crippen LogP contribution in [0.2, 0.25) is 0 Å². The Labute approximate surface area is 165 Å². The Morgan fingerprint density at radius 3 is 2.96 bits per heavy atom. The zero-order chi connectivity index (χ0) is 19.1. The van der Waals surface area contributed by atoms with Gasteiger partial charge in [0.05, 0.1) is 11.4 Å². The lowest BCUT2D eigenvalue weighted by atomic mass is 9.79. The van der Waals surface area contributed by atoms with Crippen molar-refractivity contribution in [1.82, 2.24) is 31.2 Å². The highest BCUT2D eigenvalue weighted by atomic mass is 16.1. The molecule has 0 bridgehead atoms. The topological polar surface area (TPSA) is 87.8 Å². The molecular weight excluding hydrogens is 354 g/mol. The van der Waals surface area contributed by atoms with E-state index in [0.29, 0.717) is 12.0 Å². The van der Waals surface area contributed by atoms with Crippen molar-refractivity contribution in [2.45, 2.75) is 45.1 Å². The number of aliphatic imine (C=N–C) groups is 1. The highest BCUT2D eigenvalue weighted by molar-refractivity contribution is 5.87. The number of likely N-dealkylation sites (tertiary alicyclic amines) is 1. The zero-order valence-corrected chi connectivity index (χ0v) is 16.4. The summed E-state index contributed by atoms with van der Waals surface area (Å²) in [6.45, 7) is 4.89. The Kier molecular flexibility index (Phi) is 4.60. The number of amides is 1. The van der Waals surface area contributed by atoms with Gasteiger partial charge in [-0.1, -0.05) is 0 Å². The molecule has 8 heteroatoms. The van der Waals surface area contributed by atoms with E-state index in [1.165, 1.54) is 49.2 Å². The standard InChI is InChI=1S/C20H29N7O/c1-13(28)23-16-7-9-26(11-16)10-14-2-4-15(5-3-14)18-19-17-6-8-21-20(17)22-12-27(19)25-24-18/h6,8,12,14-16,21,24-25H,2-5,7,9-11H2,1H3,(H,23,28)/t14-,15-,16-/m0/s1. The molecule has 1 amide bonds. The first-order valence-electron chi connectivity index (χ1n) is 10.4. The van der Waals surface area contributed by atoms with Crippen LogP contribution in [0.5, 0.6) is 0 Å². The summed E-state index contributed by atoms with van der Waals surface area (Å²) in [5, 5.41) is 5.06. The van der Waals surface area contributed by atoms with Crippen LogP contribution in [0.25, 0.3) is 5.70 Å². The van der Waals surface area contributed by atoms with Crippen LogP contribution >= 0.6 is 0 Å². The number of nitrogens with zero attached hydrogens (tertiary/aromatic N) is 3. The van der Waals surface area contributed by atoms with Gasteiger partial charge in [0.15, 0.2) is 0 Å². The van der Waals surface area contributed by atoms with Crippen molar-refractivity contribution in [3.05, 3.63) is 23.5 Å². The van der Waals surface area contributed by atoms with Crippen LogP contribution in [0.4, 0.5) is 5.82 Å². The number of rotatable bonds is 4. The van der Waals surface area contributed by atoms with Gasteiger partial charge in [-0.3, -0.25) is 4.79 Å². The molecule has 0 unspecified atom stereocenters. The van der Waals surface area contributed by atoms with Crippen molar-refractivity contribution in [2.24, 2.45) is 16.8 Å². The molecule has 1 aromatic rings. The van der Waals surface area contributed by atoms with E-state index < -0.39 is 0 Å². The van der Waals surface area contributed by atoms with E-state index in [9.17, 15) is 4.79 Å². The summed E-state index contributed by atoms with van der Waals surface area (Å²) < 4.78 is 0. The molecule has 8 nitrogen and oxygen atoms in total. The van der Waals surface area contributed by atoms with Gasteiger partial charge >= 0.3 is 0 Å². The molecule has 4 N–H and O–H groups in total. The molecule has 28 heavy (non-hydrogen) atoms. The van der Waals surface area contributed by atoms with Crippen LogP contribution in [0, 0.1) is 11.8 Å². The van der Waals surface area contributed by atoms with Crippen molar-refractivity contribution >= 4 is 23.8 Å². The average Bonchev–Trinajstić information content (AvgIpc) is 3.40. The summed E-state index contributed by atoms with van der Waals surface area (Å²) in [7, 11) is 0. The lowest BCUT2D eigenvalue weighted by Crippen LogP contribution is -2.38. The molecule has 4 aliphatic rings. The van der Waals surface area contributed by atoms with Crippen LogP contribution < -0.4 is 16.3 Å². The van der Waals surface area contributed by atoms with Crippen LogP contribution in [0.1, 0.15) is 44.6 Å². The summed E-state index contributed by atoms with van der Waals surface area (Å²) >= 11 is 0. The third-order valence-corrected chi connectivity index (χ3v) is 6.54. The molecule has 0 spiro atoms. The number of hydrogen-bond donors (Lipinski definition) is 4. The minimum absolute atomic E-state index is 0.0898. The average molecular weight is 384 g/mol. The van der Waals surface area contributed by atoms with Gasteiger partial charge < -0.3 is 20.6 Å².